The summed E-state index contributed by atoms with van der Waals surface area (Å²) < 4.78 is 139. The molecule has 51 heteroatoms. The molecule has 2 unspecified atom stereocenters. The van der Waals surface area contributed by atoms with Gasteiger partial charge in [0.15, 0.2) is 74.6 Å². The summed E-state index contributed by atoms with van der Waals surface area (Å²) in [6.07, 6.45) is -2.57. The van der Waals surface area contributed by atoms with Crippen molar-refractivity contribution in [2.45, 2.75) is 211 Å². The molecule has 0 bridgehead atoms. The summed E-state index contributed by atoms with van der Waals surface area (Å²) in [4.78, 5) is 90.3. The molecular formula is C54H79Cl3FN16O25P3S3. The molecule has 105 heavy (non-hydrogen) atoms. The standard InChI is InChI=1S/C19H28ClN6O9PS.C18H27ClN5O8PS.C17H24ClFN5O8PS/c1-9(27)21-7-13(36(30,31)32)37(33,34)8-12-14(28)15(29)18(35-12)26-17-11(6-22-26)16(24-19(20)25-17)23-10-4-2-3-5-10;1-18(2,33(27,28)29)34(30,31)8-11-12(25)13(26)16(32-11)24-15-10(7-20-24)14(22-17(19)23-15)21-9-5-3-4-6-9;1-17(19,33(27,28)29)34(30,31)7-10-11(25)12(26)15(32-10)24-14-9(6-20-24)13(22-16(18)23-14)21-8-4-2-3-5-8/h6,10,12-15,18,28-29H,2-5,7-8H2,1H3,(H,21,27)(H,23,24,25)(H2,30,31,32);7,9,11-13,16,25-26H,3-6,8H2,1-2H3,(H,21,22,23)(H2,27,28,29);6,8,10-12,15,25-26H,2-5,7H2,1H3,(H,21,22,23)(H2,27,28,29)/t12-,13?,14-,15-,18-;11-,12-,13-,16-;10-,11-,12-,15-,17?/m111/s1. The van der Waals surface area contributed by atoms with E-state index in [1.165, 1.54) is 23.3 Å². The smallest absolute Gasteiger partial charge is 0.377 e. The lowest BCUT2D eigenvalue weighted by Gasteiger charge is -2.27. The van der Waals surface area contributed by atoms with E-state index in [-0.39, 0.29) is 57.8 Å². The zero-order valence-electron chi connectivity index (χ0n) is 55.9. The second kappa shape index (κ2) is 31.6. The van der Waals surface area contributed by atoms with Crippen LogP contribution in [-0.2, 0) is 62.2 Å². The first-order valence-corrected chi connectivity index (χ1v) is 43.6. The third kappa shape index (κ3) is 17.6. The van der Waals surface area contributed by atoms with Crippen LogP contribution in [0.2, 0.25) is 15.9 Å². The quantitative estimate of drug-likeness (QED) is 0.0314. The van der Waals surface area contributed by atoms with Gasteiger partial charge in [-0.2, -0.15) is 45.2 Å². The predicted octanol–water partition coefficient (Wildman–Crippen LogP) is 0.979. The van der Waals surface area contributed by atoms with E-state index in [1.807, 2.05) is 0 Å². The molecule has 3 aliphatic carbocycles. The number of fused-ring (bicyclic) bond motifs is 3. The summed E-state index contributed by atoms with van der Waals surface area (Å²) in [6, 6.07) is 0.604. The highest BCUT2D eigenvalue weighted by molar-refractivity contribution is 8.00. The number of carbonyl (C=O) groups is 1. The number of amides is 1. The summed E-state index contributed by atoms with van der Waals surface area (Å²) in [6.45, 7) is 2.26. The maximum Gasteiger partial charge on any atom is 0.377 e. The molecule has 41 nitrogen and oxygen atoms in total. The summed E-state index contributed by atoms with van der Waals surface area (Å²) in [5.74, 6) is -2.65. The summed E-state index contributed by atoms with van der Waals surface area (Å²) in [7, 11) is -30.2. The van der Waals surface area contributed by atoms with Gasteiger partial charge in [-0.15, -0.1) is 0 Å². The van der Waals surface area contributed by atoms with Crippen molar-refractivity contribution in [3.63, 3.8) is 0 Å². The fourth-order valence-electron chi connectivity index (χ4n) is 12.8. The first-order valence-electron chi connectivity index (χ1n) is 32.6. The van der Waals surface area contributed by atoms with Gasteiger partial charge >= 0.3 is 27.5 Å². The Kier molecular flexibility index (Phi) is 24.9. The third-order valence-electron chi connectivity index (χ3n) is 19.1. The minimum absolute atomic E-state index is 0.0784. The first kappa shape index (κ1) is 82.7. The van der Waals surface area contributed by atoms with Gasteiger partial charge in [0.25, 0.3) is 0 Å². The van der Waals surface area contributed by atoms with E-state index in [9.17, 15) is 98.3 Å². The van der Waals surface area contributed by atoms with E-state index in [2.05, 4.69) is 66.5 Å². The third-order valence-corrected chi connectivity index (χ3v) is 33.9. The molecule has 6 aliphatic rings. The Bertz CT molecular complexity index is 4510. The number of nitrogens with one attached hydrogen (secondary N) is 4. The van der Waals surface area contributed by atoms with E-state index in [0.717, 1.165) is 107 Å². The number of ether oxygens (including phenoxy) is 3. The molecule has 6 fully saturated rings. The van der Waals surface area contributed by atoms with Crippen LogP contribution in [0.15, 0.2) is 18.6 Å². The van der Waals surface area contributed by atoms with Crippen molar-refractivity contribution in [2.75, 3.05) is 39.8 Å². The Hall–Kier alpha value is -4.74. The van der Waals surface area contributed by atoms with Gasteiger partial charge in [-0.1, -0.05) is 38.5 Å². The Morgan fingerprint density at radius 3 is 1.11 bits per heavy atom. The van der Waals surface area contributed by atoms with Crippen LogP contribution in [-0.4, -0.2) is 261 Å². The Balaban J connectivity index is 0.000000169. The Labute approximate surface area is 612 Å². The minimum Gasteiger partial charge on any atom is -0.387 e. The van der Waals surface area contributed by atoms with Gasteiger partial charge in [-0.25, -0.2) is 43.7 Å². The van der Waals surface area contributed by atoms with Gasteiger partial charge in [-0.3, -0.25) is 18.5 Å². The van der Waals surface area contributed by atoms with Crippen molar-refractivity contribution < 1.29 is 122 Å². The maximum atomic E-state index is 14.5. The average molecular weight is 1670 g/mol. The monoisotopic (exact) mass is 1660 g/mol. The van der Waals surface area contributed by atoms with Gasteiger partial charge in [0.05, 0.1) is 52.0 Å². The maximum absolute atomic E-state index is 14.5. The fraction of sp³-hybridized carbons (Fsp3) is 0.704. The highest BCUT2D eigenvalue weighted by Crippen LogP contribution is 2.56. The van der Waals surface area contributed by atoms with Crippen LogP contribution in [0, 0.1) is 0 Å². The number of aliphatic hydroxyl groups excluding tert-OH is 6. The first-order chi connectivity index (χ1) is 48.7. The van der Waals surface area contributed by atoms with Crippen LogP contribution >= 0.6 is 57.6 Å². The highest BCUT2D eigenvalue weighted by Gasteiger charge is 2.59. The lowest BCUT2D eigenvalue weighted by atomic mass is 10.1. The van der Waals surface area contributed by atoms with Gasteiger partial charge in [-0.05, 0) is 94.1 Å². The molecule has 0 radical (unpaired) electrons. The van der Waals surface area contributed by atoms with Gasteiger partial charge in [0.2, 0.25) is 21.8 Å². The van der Waals surface area contributed by atoms with Gasteiger partial charge in [0.1, 0.15) is 72.4 Å². The summed E-state index contributed by atoms with van der Waals surface area (Å²) >= 11 is 18.3. The summed E-state index contributed by atoms with van der Waals surface area (Å²) in [5.41, 5.74) is 0.501. The number of rotatable bonds is 23. The molecule has 3 aliphatic heterocycles. The SMILES string of the molecule is CC(=O)NCC(P(=O)(O)O)S(=O)(=O)C[C@H]1O[C@@H](n2ncc3c(NC4CCCC4)nc(Cl)nc32)[C@H](O)[C@@H]1O.CC(C)(P(=O)(O)O)S(=O)(=O)C[C@H]1O[C@@H](n2ncc3c(NC4CCCC4)nc(Cl)nc32)[C@H](O)[C@@H]1O.CC(F)(P(=O)(O)O)S(=O)(=O)C[C@H]1O[C@@H](n2ncc3c(NC4CCCC4)nc(Cl)nc32)[C@H](O)[C@@H]1O. The predicted molar refractivity (Wildman–Crippen MR) is 370 cm³/mol. The number of alkyl halides is 1. The number of hydrogen-bond acceptors (Lipinski definition) is 31. The number of nitrogens with zero attached hydrogens (tertiary/aromatic N) is 12. The van der Waals surface area contributed by atoms with Crippen molar-refractivity contribution in [3.8, 4) is 0 Å². The zero-order chi connectivity index (χ0) is 77.2. The number of halogens is 4. The molecular weight excluding hydrogens is 1590 g/mol. The van der Waals surface area contributed by atoms with E-state index in [0.29, 0.717) is 33.6 Å². The van der Waals surface area contributed by atoms with E-state index >= 15 is 0 Å². The Morgan fingerprint density at radius 2 is 0.829 bits per heavy atom. The highest BCUT2D eigenvalue weighted by atomic mass is 35.5. The topological polar surface area (TPSA) is 620 Å². The molecule has 0 spiro atoms. The number of sulfone groups is 3. The normalized spacial score (nSPS) is 27.1. The van der Waals surface area contributed by atoms with Crippen LogP contribution < -0.4 is 21.3 Å². The van der Waals surface area contributed by atoms with Crippen molar-refractivity contribution >= 4 is 144 Å². The molecule has 1 amide bonds. The fourth-order valence-corrected chi connectivity index (χ4v) is 22.3. The van der Waals surface area contributed by atoms with Crippen LogP contribution in [0.5, 0.6) is 0 Å². The van der Waals surface area contributed by atoms with Crippen molar-refractivity contribution in [2.24, 2.45) is 0 Å². The van der Waals surface area contributed by atoms with Crippen LogP contribution in [0.4, 0.5) is 21.8 Å². The zero-order valence-corrected chi connectivity index (χ0v) is 63.3. The molecule has 16 N–H and O–H groups in total. The molecule has 12 rings (SSSR count). The number of aromatic nitrogens is 12. The average Bonchev–Trinajstić information content (AvgIpc) is 1.65. The van der Waals surface area contributed by atoms with E-state index in [1.54, 1.807) is 0 Å². The van der Waals surface area contributed by atoms with Crippen LogP contribution in [0.1, 0.15) is 123 Å². The molecule has 3 saturated heterocycles. The lowest BCUT2D eigenvalue weighted by molar-refractivity contribution is -0.118. The second-order valence-corrected chi connectivity index (χ2v) is 41.8. The molecule has 6 aromatic rings. The largest absolute Gasteiger partial charge is 0.387 e. The van der Waals surface area contributed by atoms with E-state index in [4.69, 9.17) is 58.8 Å². The summed E-state index contributed by atoms with van der Waals surface area (Å²) in [5, 5.41) is 88.8. The van der Waals surface area contributed by atoms with Crippen molar-refractivity contribution in [1.82, 2.24) is 64.6 Å². The van der Waals surface area contributed by atoms with Gasteiger partial charge < -0.3 is 95.5 Å². The molecule has 0 aromatic carbocycles. The van der Waals surface area contributed by atoms with E-state index < -0.39 is 170 Å². The molecule has 3 saturated carbocycles. The number of hydrogen-bond donors (Lipinski definition) is 16. The number of carbonyl (C=O) groups excluding carboxylic acids is 1. The van der Waals surface area contributed by atoms with Crippen LogP contribution in [0.25, 0.3) is 33.1 Å². The number of aliphatic hydroxyl groups is 6. The van der Waals surface area contributed by atoms with Gasteiger partial charge in [0, 0.05) is 31.6 Å². The van der Waals surface area contributed by atoms with Crippen molar-refractivity contribution in [1.29, 1.82) is 0 Å². The molecule has 14 atom stereocenters. The number of anilines is 3. The van der Waals surface area contributed by atoms with Crippen molar-refractivity contribution in [3.05, 3.63) is 34.4 Å². The molecule has 9 heterocycles. The lowest BCUT2D eigenvalue weighted by Crippen LogP contribution is -2.42. The molecule has 6 aromatic heterocycles. The minimum atomic E-state index is -5.71. The Morgan fingerprint density at radius 1 is 0.524 bits per heavy atom. The van der Waals surface area contributed by atoms with Crippen LogP contribution in [0.3, 0.4) is 0 Å². The second-order valence-electron chi connectivity index (χ2n) is 26.8. The molecule has 586 valence electrons.